The van der Waals surface area contributed by atoms with Crippen molar-refractivity contribution in [2.24, 2.45) is 0 Å². The molecule has 1 amide bonds. The average molecular weight is 370 g/mol. The maximum absolute atomic E-state index is 12.6. The van der Waals surface area contributed by atoms with Crippen LogP contribution in [-0.4, -0.2) is 53.3 Å². The predicted molar refractivity (Wildman–Crippen MR) is 94.0 cm³/mol. The van der Waals surface area contributed by atoms with Crippen LogP contribution in [0.1, 0.15) is 36.5 Å². The van der Waals surface area contributed by atoms with Gasteiger partial charge in [0.05, 0.1) is 17.5 Å². The number of hydrogen-bond donors (Lipinski definition) is 2. The fourth-order valence-electron chi connectivity index (χ4n) is 2.64. The van der Waals surface area contributed by atoms with Crippen molar-refractivity contribution in [3.8, 4) is 0 Å². The van der Waals surface area contributed by atoms with E-state index in [9.17, 15) is 13.2 Å². The van der Waals surface area contributed by atoms with Crippen LogP contribution >= 0.6 is 0 Å². The number of amides is 1. The molecule has 1 heterocycles. The molecule has 0 aromatic heterocycles. The summed E-state index contributed by atoms with van der Waals surface area (Å²) in [5, 5.41) is 2.85. The summed E-state index contributed by atoms with van der Waals surface area (Å²) in [6.07, 6.45) is 2.02. The van der Waals surface area contributed by atoms with Gasteiger partial charge in [-0.2, -0.15) is 0 Å². The van der Waals surface area contributed by atoms with Gasteiger partial charge in [-0.05, 0) is 37.5 Å². The van der Waals surface area contributed by atoms with Crippen molar-refractivity contribution in [3.05, 3.63) is 29.8 Å². The summed E-state index contributed by atoms with van der Waals surface area (Å²) >= 11 is 0. The Kier molecular flexibility index (Phi) is 7.37. The maximum Gasteiger partial charge on any atom is 0.251 e. The van der Waals surface area contributed by atoms with Gasteiger partial charge in [-0.3, -0.25) is 4.79 Å². The molecule has 140 valence electrons. The first kappa shape index (κ1) is 19.8. The Bertz CT molecular complexity index is 671. The summed E-state index contributed by atoms with van der Waals surface area (Å²) < 4.78 is 38.1. The average Bonchev–Trinajstić information content (AvgIpc) is 2.62. The second kappa shape index (κ2) is 9.28. The smallest absolute Gasteiger partial charge is 0.251 e. The molecular formula is C17H26N2O5S. The molecular weight excluding hydrogens is 344 g/mol. The Balaban J connectivity index is 2.09. The van der Waals surface area contributed by atoms with Crippen LogP contribution in [0, 0.1) is 0 Å². The third kappa shape index (κ3) is 5.78. The molecule has 0 spiro atoms. The lowest BCUT2D eigenvalue weighted by atomic mass is 10.1. The fraction of sp³-hybridized carbons (Fsp3) is 0.588. The Morgan fingerprint density at radius 2 is 2.08 bits per heavy atom. The summed E-state index contributed by atoms with van der Waals surface area (Å²) in [5.74, 6) is -0.313. The van der Waals surface area contributed by atoms with Crippen molar-refractivity contribution in [1.82, 2.24) is 10.0 Å². The number of nitrogens with one attached hydrogen (secondary N) is 2. The standard InChI is InChI=1S/C17H26N2O5S/c1-3-14(12-23-2)18-17(20)13-5-4-6-16(11-13)25(21,22)19-15-7-9-24-10-8-15/h4-6,11,14-15,19H,3,7-10,12H2,1-2H3,(H,18,20)/t14-/m0/s1. The van der Waals surface area contributed by atoms with E-state index in [-0.39, 0.29) is 22.9 Å². The molecule has 1 atom stereocenters. The van der Waals surface area contributed by atoms with Crippen LogP contribution in [0.4, 0.5) is 0 Å². The van der Waals surface area contributed by atoms with Crippen LogP contribution < -0.4 is 10.0 Å². The lowest BCUT2D eigenvalue weighted by Gasteiger charge is -2.23. The first-order valence-electron chi connectivity index (χ1n) is 8.46. The first-order chi connectivity index (χ1) is 12.0. The highest BCUT2D eigenvalue weighted by atomic mass is 32.2. The zero-order valence-electron chi connectivity index (χ0n) is 14.7. The van der Waals surface area contributed by atoms with E-state index in [4.69, 9.17) is 9.47 Å². The summed E-state index contributed by atoms with van der Waals surface area (Å²) in [4.78, 5) is 12.4. The number of carbonyl (C=O) groups is 1. The number of carbonyl (C=O) groups excluding carboxylic acids is 1. The predicted octanol–water partition coefficient (Wildman–Crippen LogP) is 1.30. The summed E-state index contributed by atoms with van der Waals surface area (Å²) in [7, 11) is -2.10. The Labute approximate surface area is 149 Å². The van der Waals surface area contributed by atoms with Crippen LogP contribution in [0.2, 0.25) is 0 Å². The van der Waals surface area contributed by atoms with Gasteiger partial charge in [0.15, 0.2) is 0 Å². The number of hydrogen-bond acceptors (Lipinski definition) is 5. The van der Waals surface area contributed by atoms with E-state index in [0.29, 0.717) is 38.2 Å². The van der Waals surface area contributed by atoms with Crippen molar-refractivity contribution in [2.45, 2.75) is 43.2 Å². The first-order valence-corrected chi connectivity index (χ1v) is 9.94. The van der Waals surface area contributed by atoms with Crippen molar-refractivity contribution in [2.75, 3.05) is 26.9 Å². The molecule has 25 heavy (non-hydrogen) atoms. The molecule has 0 radical (unpaired) electrons. The molecule has 0 unspecified atom stereocenters. The van der Waals surface area contributed by atoms with Gasteiger partial charge in [-0.25, -0.2) is 13.1 Å². The number of rotatable bonds is 8. The largest absolute Gasteiger partial charge is 0.383 e. The summed E-state index contributed by atoms with van der Waals surface area (Å²) in [5.41, 5.74) is 0.310. The van der Waals surface area contributed by atoms with Crippen molar-refractivity contribution in [1.29, 1.82) is 0 Å². The van der Waals surface area contributed by atoms with Gasteiger partial charge < -0.3 is 14.8 Å². The Morgan fingerprint density at radius 1 is 1.36 bits per heavy atom. The zero-order chi connectivity index (χ0) is 18.3. The highest BCUT2D eigenvalue weighted by Gasteiger charge is 2.23. The fourth-order valence-corrected chi connectivity index (χ4v) is 3.99. The molecule has 1 aromatic carbocycles. The van der Waals surface area contributed by atoms with E-state index >= 15 is 0 Å². The minimum absolute atomic E-state index is 0.0893. The van der Waals surface area contributed by atoms with Crippen LogP contribution in [-0.2, 0) is 19.5 Å². The van der Waals surface area contributed by atoms with Gasteiger partial charge in [-0.15, -0.1) is 0 Å². The van der Waals surface area contributed by atoms with Crippen LogP contribution in [0.3, 0.4) is 0 Å². The minimum Gasteiger partial charge on any atom is -0.383 e. The highest BCUT2D eigenvalue weighted by Crippen LogP contribution is 2.15. The van der Waals surface area contributed by atoms with E-state index in [0.717, 1.165) is 6.42 Å². The van der Waals surface area contributed by atoms with Gasteiger partial charge in [0, 0.05) is 31.9 Å². The van der Waals surface area contributed by atoms with E-state index in [1.54, 1.807) is 19.2 Å². The molecule has 0 saturated carbocycles. The van der Waals surface area contributed by atoms with Crippen LogP contribution in [0.25, 0.3) is 0 Å². The van der Waals surface area contributed by atoms with Crippen LogP contribution in [0.15, 0.2) is 29.2 Å². The number of benzene rings is 1. The second-order valence-corrected chi connectivity index (χ2v) is 7.78. The van der Waals surface area contributed by atoms with Gasteiger partial charge in [0.2, 0.25) is 10.0 Å². The molecule has 1 aliphatic heterocycles. The Hall–Kier alpha value is -1.48. The number of ether oxygens (including phenoxy) is 2. The third-order valence-corrected chi connectivity index (χ3v) is 5.66. The topological polar surface area (TPSA) is 93.7 Å². The summed E-state index contributed by atoms with van der Waals surface area (Å²) in [6, 6.07) is 5.81. The molecule has 2 N–H and O–H groups in total. The molecule has 1 fully saturated rings. The van der Waals surface area contributed by atoms with Gasteiger partial charge >= 0.3 is 0 Å². The SMILES string of the molecule is CC[C@@H](COC)NC(=O)c1cccc(S(=O)(=O)NC2CCOCC2)c1. The molecule has 0 bridgehead atoms. The van der Waals surface area contributed by atoms with Gasteiger partial charge in [0.25, 0.3) is 5.91 Å². The molecule has 1 aromatic rings. The van der Waals surface area contributed by atoms with E-state index in [1.807, 2.05) is 6.92 Å². The lowest BCUT2D eigenvalue weighted by molar-refractivity contribution is 0.0832. The minimum atomic E-state index is -3.67. The van der Waals surface area contributed by atoms with E-state index in [2.05, 4.69) is 10.0 Å². The Morgan fingerprint density at radius 3 is 2.72 bits per heavy atom. The zero-order valence-corrected chi connectivity index (χ0v) is 15.5. The second-order valence-electron chi connectivity index (χ2n) is 6.07. The van der Waals surface area contributed by atoms with Gasteiger partial charge in [0.1, 0.15) is 0 Å². The normalized spacial score (nSPS) is 17.2. The van der Waals surface area contributed by atoms with Crippen molar-refractivity contribution < 1.29 is 22.7 Å². The van der Waals surface area contributed by atoms with Crippen molar-refractivity contribution in [3.63, 3.8) is 0 Å². The quantitative estimate of drug-likeness (QED) is 0.719. The summed E-state index contributed by atoms with van der Waals surface area (Å²) in [6.45, 7) is 3.45. The molecule has 2 rings (SSSR count). The van der Waals surface area contributed by atoms with Crippen LogP contribution in [0.5, 0.6) is 0 Å². The molecule has 0 aliphatic carbocycles. The molecule has 7 nitrogen and oxygen atoms in total. The monoisotopic (exact) mass is 370 g/mol. The number of methoxy groups -OCH3 is 1. The van der Waals surface area contributed by atoms with Crippen molar-refractivity contribution >= 4 is 15.9 Å². The van der Waals surface area contributed by atoms with E-state index < -0.39 is 10.0 Å². The molecule has 1 aliphatic rings. The maximum atomic E-state index is 12.6. The number of sulfonamides is 1. The van der Waals surface area contributed by atoms with Gasteiger partial charge in [-0.1, -0.05) is 13.0 Å². The molecule has 1 saturated heterocycles. The third-order valence-electron chi connectivity index (χ3n) is 4.15. The highest BCUT2D eigenvalue weighted by molar-refractivity contribution is 7.89. The molecule has 8 heteroatoms. The lowest BCUT2D eigenvalue weighted by Crippen LogP contribution is -2.39. The van der Waals surface area contributed by atoms with E-state index in [1.165, 1.54) is 12.1 Å².